The van der Waals surface area contributed by atoms with Crippen LogP contribution in [0.4, 0.5) is 0 Å². The molecule has 1 N–H and O–H groups in total. The monoisotopic (exact) mass is 325 g/mol. The molecule has 128 valence electrons. The molecule has 2 rings (SSSR count). The molecule has 0 fully saturated rings. The molecule has 0 aromatic heterocycles. The molecule has 0 aliphatic carbocycles. The maximum absolute atomic E-state index is 12.5. The van der Waals surface area contributed by atoms with E-state index in [9.17, 15) is 4.79 Å². The number of carbonyl (C=O) groups excluding carboxylic acids is 1. The minimum absolute atomic E-state index is 0.0212. The van der Waals surface area contributed by atoms with E-state index in [-0.39, 0.29) is 11.9 Å². The number of carbonyl (C=O) groups is 1. The van der Waals surface area contributed by atoms with Gasteiger partial charge in [0.05, 0.1) is 19.6 Å². The van der Waals surface area contributed by atoms with Gasteiger partial charge in [-0.2, -0.15) is 0 Å². The van der Waals surface area contributed by atoms with E-state index in [4.69, 9.17) is 4.74 Å². The first-order chi connectivity index (χ1) is 11.4. The number of amides is 1. The Hall–Kier alpha value is -2.29. The summed E-state index contributed by atoms with van der Waals surface area (Å²) in [5.41, 5.74) is 5.66. The van der Waals surface area contributed by atoms with Gasteiger partial charge < -0.3 is 10.1 Å². The van der Waals surface area contributed by atoms with Crippen LogP contribution in [-0.2, 0) is 11.2 Å². The van der Waals surface area contributed by atoms with Crippen LogP contribution in [0.15, 0.2) is 36.4 Å². The third-order valence-electron chi connectivity index (χ3n) is 4.41. The normalized spacial score (nSPS) is 11.9. The topological polar surface area (TPSA) is 38.3 Å². The Morgan fingerprint density at radius 2 is 1.83 bits per heavy atom. The van der Waals surface area contributed by atoms with Crippen LogP contribution < -0.4 is 10.1 Å². The number of nitrogens with one attached hydrogen (secondary N) is 1. The van der Waals surface area contributed by atoms with E-state index in [1.165, 1.54) is 11.1 Å². The molecule has 2 aromatic rings. The molecule has 1 unspecified atom stereocenters. The van der Waals surface area contributed by atoms with Crippen LogP contribution in [0.25, 0.3) is 0 Å². The Balaban J connectivity index is 2.09. The predicted octanol–water partition coefficient (Wildman–Crippen LogP) is 4.43. The quantitative estimate of drug-likeness (QED) is 0.853. The van der Waals surface area contributed by atoms with Crippen LogP contribution in [-0.4, -0.2) is 13.0 Å². The molecule has 0 spiro atoms. The van der Waals surface area contributed by atoms with E-state index in [1.54, 1.807) is 7.11 Å². The summed E-state index contributed by atoms with van der Waals surface area (Å²) >= 11 is 0. The van der Waals surface area contributed by atoms with Crippen molar-refractivity contribution in [1.29, 1.82) is 0 Å². The van der Waals surface area contributed by atoms with E-state index in [0.29, 0.717) is 6.42 Å². The second-order valence-corrected chi connectivity index (χ2v) is 6.36. The Morgan fingerprint density at radius 1 is 1.08 bits per heavy atom. The lowest BCUT2D eigenvalue weighted by atomic mass is 10.00. The molecule has 2 aromatic carbocycles. The number of rotatable bonds is 6. The highest BCUT2D eigenvalue weighted by Gasteiger charge is 2.15. The van der Waals surface area contributed by atoms with Gasteiger partial charge >= 0.3 is 0 Å². The molecule has 0 bridgehead atoms. The van der Waals surface area contributed by atoms with E-state index in [2.05, 4.69) is 44.3 Å². The van der Waals surface area contributed by atoms with E-state index < -0.39 is 0 Å². The van der Waals surface area contributed by atoms with Crippen LogP contribution in [0.3, 0.4) is 0 Å². The van der Waals surface area contributed by atoms with Crippen molar-refractivity contribution in [2.45, 2.75) is 46.6 Å². The van der Waals surface area contributed by atoms with Crippen molar-refractivity contribution in [2.75, 3.05) is 7.11 Å². The summed E-state index contributed by atoms with van der Waals surface area (Å²) < 4.78 is 5.31. The number of methoxy groups -OCH3 is 1. The Kier molecular flexibility index (Phi) is 6.02. The molecule has 1 amide bonds. The molecule has 0 heterocycles. The molecule has 0 saturated heterocycles. The van der Waals surface area contributed by atoms with Crippen molar-refractivity contribution in [1.82, 2.24) is 5.32 Å². The Bertz CT molecular complexity index is 722. The van der Waals surface area contributed by atoms with E-state index in [1.807, 2.05) is 25.1 Å². The molecular formula is C21H27NO2. The third-order valence-corrected chi connectivity index (χ3v) is 4.41. The minimum atomic E-state index is 0.0212. The lowest BCUT2D eigenvalue weighted by Crippen LogP contribution is -2.29. The van der Waals surface area contributed by atoms with E-state index >= 15 is 0 Å². The summed E-state index contributed by atoms with van der Waals surface area (Å²) in [4.78, 5) is 12.5. The minimum Gasteiger partial charge on any atom is -0.496 e. The zero-order valence-electron chi connectivity index (χ0n) is 15.3. The van der Waals surface area contributed by atoms with Gasteiger partial charge in [0.1, 0.15) is 5.75 Å². The third kappa shape index (κ3) is 4.38. The number of benzene rings is 2. The lowest BCUT2D eigenvalue weighted by Gasteiger charge is -2.19. The summed E-state index contributed by atoms with van der Waals surface area (Å²) in [6.45, 7) is 8.23. The van der Waals surface area contributed by atoms with Gasteiger partial charge in [0.15, 0.2) is 0 Å². The maximum atomic E-state index is 12.5. The molecule has 1 atom stereocenters. The summed E-state index contributed by atoms with van der Waals surface area (Å²) in [5, 5.41) is 3.16. The van der Waals surface area contributed by atoms with Crippen molar-refractivity contribution in [2.24, 2.45) is 0 Å². The lowest BCUT2D eigenvalue weighted by molar-refractivity contribution is -0.121. The van der Waals surface area contributed by atoms with Gasteiger partial charge in [0.2, 0.25) is 5.91 Å². The fraction of sp³-hybridized carbons (Fsp3) is 0.381. The molecule has 3 heteroatoms. The largest absolute Gasteiger partial charge is 0.496 e. The fourth-order valence-electron chi connectivity index (χ4n) is 3.00. The standard InChI is InChI=1S/C21H27NO2/c1-6-19(18-9-10-20(24-5)16(4)12-18)22-21(23)13-17-8-7-14(2)11-15(17)3/h7-12,19H,6,13H2,1-5H3,(H,22,23). The van der Waals surface area contributed by atoms with Crippen LogP contribution in [0.1, 0.15) is 47.2 Å². The smallest absolute Gasteiger partial charge is 0.224 e. The SMILES string of the molecule is CCC(NC(=O)Cc1ccc(C)cc1C)c1ccc(OC)c(C)c1. The van der Waals surface area contributed by atoms with Gasteiger partial charge in [-0.05, 0) is 55.5 Å². The second kappa shape index (κ2) is 8.00. The first kappa shape index (κ1) is 18.1. The maximum Gasteiger partial charge on any atom is 0.224 e. The molecule has 24 heavy (non-hydrogen) atoms. The molecule has 0 saturated carbocycles. The van der Waals surface area contributed by atoms with Gasteiger partial charge in [0.25, 0.3) is 0 Å². The Morgan fingerprint density at radius 3 is 2.42 bits per heavy atom. The molecule has 0 radical (unpaired) electrons. The highest BCUT2D eigenvalue weighted by Crippen LogP contribution is 2.24. The van der Waals surface area contributed by atoms with Gasteiger partial charge in [0, 0.05) is 0 Å². The van der Waals surface area contributed by atoms with Crippen molar-refractivity contribution in [3.8, 4) is 5.75 Å². The van der Waals surface area contributed by atoms with Crippen molar-refractivity contribution < 1.29 is 9.53 Å². The van der Waals surface area contributed by atoms with Crippen LogP contribution in [0.2, 0.25) is 0 Å². The molecular weight excluding hydrogens is 298 g/mol. The fourth-order valence-corrected chi connectivity index (χ4v) is 3.00. The van der Waals surface area contributed by atoms with Crippen molar-refractivity contribution in [3.63, 3.8) is 0 Å². The highest BCUT2D eigenvalue weighted by atomic mass is 16.5. The molecule has 0 aliphatic heterocycles. The molecule has 3 nitrogen and oxygen atoms in total. The van der Waals surface area contributed by atoms with Crippen LogP contribution in [0, 0.1) is 20.8 Å². The van der Waals surface area contributed by atoms with Gasteiger partial charge in [-0.25, -0.2) is 0 Å². The average Bonchev–Trinajstić information content (AvgIpc) is 2.55. The summed E-state index contributed by atoms with van der Waals surface area (Å²) in [7, 11) is 1.67. The number of ether oxygens (including phenoxy) is 1. The first-order valence-corrected chi connectivity index (χ1v) is 8.44. The highest BCUT2D eigenvalue weighted by molar-refractivity contribution is 5.79. The summed E-state index contributed by atoms with van der Waals surface area (Å²) in [6.07, 6.45) is 1.27. The van der Waals surface area contributed by atoms with Crippen LogP contribution >= 0.6 is 0 Å². The number of hydrogen-bond acceptors (Lipinski definition) is 2. The Labute approximate surface area is 145 Å². The predicted molar refractivity (Wildman–Crippen MR) is 98.5 cm³/mol. The van der Waals surface area contributed by atoms with E-state index in [0.717, 1.165) is 28.9 Å². The van der Waals surface area contributed by atoms with Crippen molar-refractivity contribution in [3.05, 3.63) is 64.2 Å². The second-order valence-electron chi connectivity index (χ2n) is 6.36. The zero-order valence-corrected chi connectivity index (χ0v) is 15.3. The van der Waals surface area contributed by atoms with Crippen LogP contribution in [0.5, 0.6) is 5.75 Å². The summed E-state index contributed by atoms with van der Waals surface area (Å²) in [5.74, 6) is 0.928. The average molecular weight is 325 g/mol. The summed E-state index contributed by atoms with van der Waals surface area (Å²) in [6, 6.07) is 12.3. The molecule has 0 aliphatic rings. The van der Waals surface area contributed by atoms with Gasteiger partial charge in [-0.1, -0.05) is 42.8 Å². The number of aryl methyl sites for hydroxylation is 3. The number of hydrogen-bond donors (Lipinski definition) is 1. The van der Waals surface area contributed by atoms with Gasteiger partial charge in [-0.3, -0.25) is 4.79 Å². The van der Waals surface area contributed by atoms with Crippen molar-refractivity contribution >= 4 is 5.91 Å². The van der Waals surface area contributed by atoms with Gasteiger partial charge in [-0.15, -0.1) is 0 Å². The zero-order chi connectivity index (χ0) is 17.7. The first-order valence-electron chi connectivity index (χ1n) is 8.44.